The monoisotopic (exact) mass is 385 g/mol. The number of rotatable bonds is 4. The largest absolute Gasteiger partial charge is 0.487 e. The molecule has 1 N–H and O–H groups in total. The zero-order valence-corrected chi connectivity index (χ0v) is 12.8. The second-order valence-corrected chi connectivity index (χ2v) is 5.43. The Bertz CT molecular complexity index is 579. The predicted octanol–water partition coefficient (Wildman–Crippen LogP) is 3.88. The predicted molar refractivity (Wildman–Crippen MR) is 77.4 cm³/mol. The molecule has 1 aromatic heterocycles. The lowest BCUT2D eigenvalue weighted by Gasteiger charge is -2.11. The molecule has 1 aromatic carbocycles. The van der Waals surface area contributed by atoms with E-state index < -0.39 is 5.97 Å². The average molecular weight is 387 g/mol. The Morgan fingerprint density at radius 2 is 1.79 bits per heavy atom. The minimum absolute atomic E-state index is 0.190. The SMILES string of the molecule is O=C(O)c1cc(Br)c(OCc2ccncc2)c(Br)c1. The Morgan fingerprint density at radius 3 is 2.32 bits per heavy atom. The van der Waals surface area contributed by atoms with E-state index in [2.05, 4.69) is 36.8 Å². The summed E-state index contributed by atoms with van der Waals surface area (Å²) in [7, 11) is 0. The first-order valence-electron chi connectivity index (χ1n) is 5.32. The van der Waals surface area contributed by atoms with Crippen LogP contribution in [-0.2, 0) is 6.61 Å². The van der Waals surface area contributed by atoms with Crippen molar-refractivity contribution in [3.8, 4) is 5.75 Å². The molecule has 1 heterocycles. The molecule has 0 bridgehead atoms. The molecule has 0 amide bonds. The molecule has 0 spiro atoms. The number of nitrogens with zero attached hydrogens (tertiary/aromatic N) is 1. The molecule has 0 radical (unpaired) electrons. The summed E-state index contributed by atoms with van der Waals surface area (Å²) in [6.07, 6.45) is 3.38. The van der Waals surface area contributed by atoms with Crippen molar-refractivity contribution in [1.29, 1.82) is 0 Å². The van der Waals surface area contributed by atoms with Crippen LogP contribution in [0.1, 0.15) is 15.9 Å². The fraction of sp³-hybridized carbons (Fsp3) is 0.0769. The van der Waals surface area contributed by atoms with E-state index in [1.807, 2.05) is 12.1 Å². The second-order valence-electron chi connectivity index (χ2n) is 3.72. The van der Waals surface area contributed by atoms with Gasteiger partial charge in [-0.05, 0) is 61.7 Å². The molecule has 0 unspecified atom stereocenters. The van der Waals surface area contributed by atoms with E-state index in [0.29, 0.717) is 21.3 Å². The fourth-order valence-electron chi connectivity index (χ4n) is 1.46. The summed E-state index contributed by atoms with van der Waals surface area (Å²) in [6, 6.07) is 6.73. The lowest BCUT2D eigenvalue weighted by Crippen LogP contribution is -2.00. The number of ether oxygens (including phenoxy) is 1. The Hall–Kier alpha value is -1.40. The molecule has 0 saturated carbocycles. The van der Waals surface area contributed by atoms with Gasteiger partial charge in [0.1, 0.15) is 12.4 Å². The first-order valence-corrected chi connectivity index (χ1v) is 6.90. The highest BCUT2D eigenvalue weighted by molar-refractivity contribution is 9.11. The topological polar surface area (TPSA) is 59.4 Å². The molecule has 19 heavy (non-hydrogen) atoms. The number of carbonyl (C=O) groups is 1. The standard InChI is InChI=1S/C13H9Br2NO3/c14-10-5-9(13(17)18)6-11(15)12(10)19-7-8-1-3-16-4-2-8/h1-6H,7H2,(H,17,18). The van der Waals surface area contributed by atoms with E-state index in [1.54, 1.807) is 12.4 Å². The lowest BCUT2D eigenvalue weighted by atomic mass is 10.2. The Kier molecular flexibility index (Phi) is 4.55. The van der Waals surface area contributed by atoms with Crippen molar-refractivity contribution in [2.75, 3.05) is 0 Å². The summed E-state index contributed by atoms with van der Waals surface area (Å²) >= 11 is 6.62. The maximum absolute atomic E-state index is 10.9. The highest BCUT2D eigenvalue weighted by Gasteiger charge is 2.12. The third-order valence-corrected chi connectivity index (χ3v) is 3.56. The summed E-state index contributed by atoms with van der Waals surface area (Å²) in [4.78, 5) is 14.8. The van der Waals surface area contributed by atoms with Crippen molar-refractivity contribution in [1.82, 2.24) is 4.98 Å². The molecule has 0 aliphatic carbocycles. The van der Waals surface area contributed by atoms with E-state index in [-0.39, 0.29) is 5.56 Å². The molecule has 2 aromatic rings. The molecular formula is C13H9Br2NO3. The normalized spacial score (nSPS) is 10.2. The maximum atomic E-state index is 10.9. The third kappa shape index (κ3) is 3.54. The van der Waals surface area contributed by atoms with Crippen LogP contribution in [0.3, 0.4) is 0 Å². The van der Waals surface area contributed by atoms with E-state index in [1.165, 1.54) is 12.1 Å². The van der Waals surface area contributed by atoms with Crippen molar-refractivity contribution in [2.24, 2.45) is 0 Å². The number of aromatic nitrogens is 1. The van der Waals surface area contributed by atoms with E-state index >= 15 is 0 Å². The minimum atomic E-state index is -0.984. The quantitative estimate of drug-likeness (QED) is 0.865. The van der Waals surface area contributed by atoms with Gasteiger partial charge in [-0.15, -0.1) is 0 Å². The van der Waals surface area contributed by atoms with Crippen molar-refractivity contribution >= 4 is 37.8 Å². The molecule has 4 nitrogen and oxygen atoms in total. The number of hydrogen-bond donors (Lipinski definition) is 1. The van der Waals surface area contributed by atoms with E-state index in [4.69, 9.17) is 9.84 Å². The van der Waals surface area contributed by atoms with Crippen molar-refractivity contribution in [3.63, 3.8) is 0 Å². The summed E-state index contributed by atoms with van der Waals surface area (Å²) in [5.74, 6) is -0.413. The molecule has 0 aliphatic rings. The molecule has 0 fully saturated rings. The number of carboxylic acid groups (broad SMARTS) is 1. The number of hydrogen-bond acceptors (Lipinski definition) is 3. The lowest BCUT2D eigenvalue weighted by molar-refractivity contribution is 0.0696. The van der Waals surface area contributed by atoms with Crippen molar-refractivity contribution in [2.45, 2.75) is 6.61 Å². The molecule has 0 saturated heterocycles. The Labute approximate surface area is 126 Å². The van der Waals surface area contributed by atoms with Crippen molar-refractivity contribution < 1.29 is 14.6 Å². The Balaban J connectivity index is 2.19. The van der Waals surface area contributed by atoms with Gasteiger partial charge >= 0.3 is 5.97 Å². The highest BCUT2D eigenvalue weighted by atomic mass is 79.9. The maximum Gasteiger partial charge on any atom is 0.335 e. The highest BCUT2D eigenvalue weighted by Crippen LogP contribution is 2.35. The molecule has 98 valence electrons. The molecule has 0 aliphatic heterocycles. The van der Waals surface area contributed by atoms with Crippen LogP contribution in [0.5, 0.6) is 5.75 Å². The minimum Gasteiger partial charge on any atom is -0.487 e. The number of pyridine rings is 1. The van der Waals surface area contributed by atoms with Crippen LogP contribution >= 0.6 is 31.9 Å². The second kappa shape index (κ2) is 6.16. The summed E-state index contributed by atoms with van der Waals surface area (Å²) in [5.41, 5.74) is 1.17. The van der Waals surface area contributed by atoms with Gasteiger partial charge in [0.25, 0.3) is 0 Å². The van der Waals surface area contributed by atoms with Gasteiger partial charge in [-0.1, -0.05) is 0 Å². The van der Waals surface area contributed by atoms with Gasteiger partial charge in [0.05, 0.1) is 14.5 Å². The zero-order chi connectivity index (χ0) is 13.8. The first-order chi connectivity index (χ1) is 9.08. The van der Waals surface area contributed by atoms with Crippen LogP contribution in [0, 0.1) is 0 Å². The third-order valence-electron chi connectivity index (χ3n) is 2.38. The smallest absolute Gasteiger partial charge is 0.335 e. The number of benzene rings is 1. The summed E-state index contributed by atoms with van der Waals surface area (Å²) in [5, 5.41) is 8.94. The van der Waals surface area contributed by atoms with E-state index in [9.17, 15) is 4.79 Å². The van der Waals surface area contributed by atoms with Gasteiger partial charge < -0.3 is 9.84 Å². The van der Waals surface area contributed by atoms with Crippen LogP contribution in [0.25, 0.3) is 0 Å². The van der Waals surface area contributed by atoms with Crippen LogP contribution < -0.4 is 4.74 Å². The number of carboxylic acids is 1. The average Bonchev–Trinajstić information content (AvgIpc) is 2.38. The molecule has 0 atom stereocenters. The van der Waals surface area contributed by atoms with Gasteiger partial charge in [-0.3, -0.25) is 4.98 Å². The molecule has 2 rings (SSSR count). The zero-order valence-electron chi connectivity index (χ0n) is 9.64. The van der Waals surface area contributed by atoms with Gasteiger partial charge in [0.2, 0.25) is 0 Å². The van der Waals surface area contributed by atoms with E-state index in [0.717, 1.165) is 5.56 Å². The van der Waals surface area contributed by atoms with Gasteiger partial charge in [0.15, 0.2) is 0 Å². The molecule has 6 heteroatoms. The van der Waals surface area contributed by atoms with Gasteiger partial charge in [-0.2, -0.15) is 0 Å². The Morgan fingerprint density at radius 1 is 1.21 bits per heavy atom. The summed E-state index contributed by atoms with van der Waals surface area (Å²) < 4.78 is 6.86. The van der Waals surface area contributed by atoms with Crippen LogP contribution in [-0.4, -0.2) is 16.1 Å². The van der Waals surface area contributed by atoms with Gasteiger partial charge in [0, 0.05) is 12.4 Å². The van der Waals surface area contributed by atoms with Gasteiger partial charge in [-0.25, -0.2) is 4.79 Å². The summed E-state index contributed by atoms with van der Waals surface area (Å²) in [6.45, 7) is 0.381. The fourth-order valence-corrected chi connectivity index (χ4v) is 2.87. The first kappa shape index (κ1) is 14.0. The number of halogens is 2. The number of aromatic carboxylic acids is 1. The van der Waals surface area contributed by atoms with Crippen LogP contribution in [0.4, 0.5) is 0 Å². The van der Waals surface area contributed by atoms with Crippen molar-refractivity contribution in [3.05, 3.63) is 56.7 Å². The van der Waals surface area contributed by atoms with Crippen LogP contribution in [0.2, 0.25) is 0 Å². The van der Waals surface area contributed by atoms with Crippen LogP contribution in [0.15, 0.2) is 45.6 Å². The molecular weight excluding hydrogens is 378 g/mol.